The largest absolute Gasteiger partial charge is 0.454 e. The minimum absolute atomic E-state index is 0.000240. The van der Waals surface area contributed by atoms with Crippen LogP contribution in [-0.2, 0) is 105 Å². The first-order valence-electron chi connectivity index (χ1n) is 33.4. The summed E-state index contributed by atoms with van der Waals surface area (Å²) in [5.41, 5.74) is 1.92. The van der Waals surface area contributed by atoms with Gasteiger partial charge in [0.25, 0.3) is 0 Å². The fourth-order valence-corrected chi connectivity index (χ4v) is 18.2. The Morgan fingerprint density at radius 1 is 0.656 bits per heavy atom. The average molecular weight is 1290 g/mol. The van der Waals surface area contributed by atoms with Gasteiger partial charge in [-0.2, -0.15) is 4.89 Å². The van der Waals surface area contributed by atoms with E-state index in [2.05, 4.69) is 26.8 Å². The van der Waals surface area contributed by atoms with Gasteiger partial charge in [-0.25, -0.2) is 14.7 Å². The third-order valence-corrected chi connectivity index (χ3v) is 22.9. The molecule has 7 aliphatic heterocycles. The number of methoxy groups -OCH3 is 5. The number of allylic oxidation sites excluding steroid dienone is 1. The van der Waals surface area contributed by atoms with E-state index in [1.807, 2.05) is 27.7 Å². The Morgan fingerprint density at radius 2 is 1.28 bits per heavy atom. The number of ether oxygens (including phenoxy) is 17. The summed E-state index contributed by atoms with van der Waals surface area (Å²) < 4.78 is 107. The third kappa shape index (κ3) is 14.1. The minimum Gasteiger partial charge on any atom is -0.454 e. The van der Waals surface area contributed by atoms with E-state index >= 15 is 0 Å². The SMILES string of the molecule is CO[C@H]1[C@@H](O)[C@@H](CO)O[C@@H](O[C@H]2[C@@H](OC)C[C@H](O[C@H]3[C@@H](OC)C[C@H](O[C@H]4[C@@H](OC)C[C@H](OO[C@@H]5[C@@H](C)O[C@]6(CO[C@@H]7C[C@H](OC(C)[C@H]8CC[C@H]9[C@@H]%10CC=C%11C[C@@H](O)CC[C@]%11(C)[C@H]%10CC[C@]89C)O[C@H](C)[C@H]7OO6)C[C@H]5OC)O[C@@H]4C)O[C@@H]3C)O[C@@H]2C)[C@@H]1OC(C)=O. The molecular formula is C65H106O25. The van der Waals surface area contributed by atoms with Gasteiger partial charge in [-0.05, 0) is 127 Å². The Balaban J connectivity index is 0.635. The van der Waals surface area contributed by atoms with Crippen molar-refractivity contribution in [1.29, 1.82) is 0 Å². The second-order valence-corrected chi connectivity index (χ2v) is 28.2. The molecule has 7 saturated heterocycles. The van der Waals surface area contributed by atoms with E-state index in [1.54, 1.807) is 35.4 Å². The van der Waals surface area contributed by atoms with E-state index in [0.717, 1.165) is 32.1 Å². The Kier molecular flexibility index (Phi) is 22.6. The van der Waals surface area contributed by atoms with Crippen LogP contribution in [0.15, 0.2) is 11.6 Å². The van der Waals surface area contributed by atoms with Gasteiger partial charge in [-0.3, -0.25) is 4.79 Å². The van der Waals surface area contributed by atoms with Crippen molar-refractivity contribution in [3.05, 3.63) is 11.6 Å². The molecule has 3 saturated carbocycles. The van der Waals surface area contributed by atoms with Crippen molar-refractivity contribution in [3.63, 3.8) is 0 Å². The van der Waals surface area contributed by atoms with E-state index < -0.39 is 154 Å². The quantitative estimate of drug-likeness (QED) is 0.0610. The van der Waals surface area contributed by atoms with Crippen molar-refractivity contribution in [2.24, 2.45) is 34.5 Å². The van der Waals surface area contributed by atoms with Crippen molar-refractivity contribution in [2.75, 3.05) is 48.8 Å². The van der Waals surface area contributed by atoms with Crippen LogP contribution in [0.2, 0.25) is 0 Å². The first-order chi connectivity index (χ1) is 43.1. The fraction of sp³-hybridized carbons (Fsp3) is 0.954. The normalized spacial score (nSPS) is 51.0. The molecule has 0 amide bonds. The molecule has 0 aromatic carbocycles. The molecule has 7 heterocycles. The smallest absolute Gasteiger partial charge is 0.303 e. The maximum absolute atomic E-state index is 12.1. The molecule has 11 rings (SSSR count). The van der Waals surface area contributed by atoms with E-state index in [1.165, 1.54) is 38.9 Å². The summed E-state index contributed by atoms with van der Waals surface area (Å²) in [5, 5.41) is 31.3. The summed E-state index contributed by atoms with van der Waals surface area (Å²) in [4.78, 5) is 36.8. The highest BCUT2D eigenvalue weighted by molar-refractivity contribution is 5.66. The summed E-state index contributed by atoms with van der Waals surface area (Å²) in [6, 6.07) is 0. The molecule has 0 bridgehead atoms. The van der Waals surface area contributed by atoms with Gasteiger partial charge in [-0.15, -0.1) is 0 Å². The molecule has 11 aliphatic rings. The molecule has 0 radical (unpaired) electrons. The zero-order valence-electron chi connectivity index (χ0n) is 55.3. The van der Waals surface area contributed by atoms with E-state index in [0.29, 0.717) is 36.5 Å². The lowest BCUT2D eigenvalue weighted by atomic mass is 9.47. The van der Waals surface area contributed by atoms with Crippen molar-refractivity contribution >= 4 is 5.97 Å². The molecule has 0 aromatic rings. The zero-order chi connectivity index (χ0) is 64.1. The highest BCUT2D eigenvalue weighted by Gasteiger charge is 2.61. The molecule has 1 spiro atoms. The molecule has 90 heavy (non-hydrogen) atoms. The van der Waals surface area contributed by atoms with Crippen LogP contribution in [0, 0.1) is 34.5 Å². The lowest BCUT2D eigenvalue weighted by molar-refractivity contribution is -0.491. The zero-order valence-corrected chi connectivity index (χ0v) is 55.3. The summed E-state index contributed by atoms with van der Waals surface area (Å²) in [5.74, 6) is 0.500. The fourth-order valence-electron chi connectivity index (χ4n) is 18.2. The van der Waals surface area contributed by atoms with Gasteiger partial charge in [0.1, 0.15) is 55.4 Å². The predicted octanol–water partition coefficient (Wildman–Crippen LogP) is 5.65. The van der Waals surface area contributed by atoms with Gasteiger partial charge in [0.15, 0.2) is 37.6 Å². The van der Waals surface area contributed by atoms with Gasteiger partial charge in [0.2, 0.25) is 5.79 Å². The molecule has 25 nitrogen and oxygen atoms in total. The van der Waals surface area contributed by atoms with Crippen LogP contribution in [-0.4, -0.2) is 235 Å². The highest BCUT2D eigenvalue weighted by atomic mass is 17.2. The van der Waals surface area contributed by atoms with E-state index in [9.17, 15) is 20.1 Å². The standard InChI is InChI=1S/C65H106O25/c1-31(41-17-18-42-40-16-15-38-23-39(68)19-21-63(38,8)43(40)20-22-64(41,42)9)76-50-27-47-58(35(5)79-50)89-90-65(30-75-47)28-48(73-13)59(36(6)86-65)88-87-53-26-46(72-12)56(33(3)80-53)84-51-24-44(70-10)55(32(2)77-51)83-52-25-45(71-11)57(34(4)78-52)85-62-61(81-37(7)67)60(74-14)54(69)49(29-66)82-62/h15,31-36,39-62,66,68-69H,16-30H2,1-14H3/t31?,32-,33-,34-,35-,36-,39+,40+,41-,42+,43+,44+,45+,46+,47-,48-,49-,50-,51+,52+,53+,54+,55-,56-,57-,58-,59-,60+,61-,62+,63+,64-,65-/m1/s1. The number of aliphatic hydroxyl groups is 3. The first kappa shape index (κ1) is 69.6. The second kappa shape index (κ2) is 29.2. The summed E-state index contributed by atoms with van der Waals surface area (Å²) in [6.45, 7) is 17.5. The maximum Gasteiger partial charge on any atom is 0.303 e. The molecule has 516 valence electrons. The van der Waals surface area contributed by atoms with Crippen LogP contribution < -0.4 is 0 Å². The minimum atomic E-state index is -1.31. The maximum atomic E-state index is 12.1. The van der Waals surface area contributed by atoms with Crippen molar-refractivity contribution in [3.8, 4) is 0 Å². The average Bonchev–Trinajstić information content (AvgIpc) is 1.39. The van der Waals surface area contributed by atoms with Gasteiger partial charge >= 0.3 is 5.97 Å². The second-order valence-electron chi connectivity index (χ2n) is 28.2. The summed E-state index contributed by atoms with van der Waals surface area (Å²) in [7, 11) is 7.73. The molecule has 10 fully saturated rings. The van der Waals surface area contributed by atoms with Gasteiger partial charge < -0.3 is 95.8 Å². The molecule has 25 heteroatoms. The Labute approximate surface area is 530 Å². The number of rotatable bonds is 19. The third-order valence-electron chi connectivity index (χ3n) is 22.9. The Morgan fingerprint density at radius 3 is 1.90 bits per heavy atom. The van der Waals surface area contributed by atoms with Crippen LogP contribution in [0.3, 0.4) is 0 Å². The molecule has 0 aromatic heterocycles. The number of esters is 1. The number of fused-ring (bicyclic) bond motifs is 6. The van der Waals surface area contributed by atoms with Crippen LogP contribution in [0.1, 0.15) is 146 Å². The molecule has 3 N–H and O–H groups in total. The van der Waals surface area contributed by atoms with Gasteiger partial charge in [-0.1, -0.05) is 25.5 Å². The molecule has 4 aliphatic carbocycles. The monoisotopic (exact) mass is 1290 g/mol. The number of aliphatic hydroxyl groups excluding tert-OH is 3. The number of carbonyl (C=O) groups is 1. The Bertz CT molecular complexity index is 2370. The lowest BCUT2D eigenvalue weighted by Gasteiger charge is -2.58. The van der Waals surface area contributed by atoms with Crippen molar-refractivity contribution in [2.45, 2.75) is 311 Å². The topological polar surface area (TPSA) is 272 Å². The number of hydrogen-bond donors (Lipinski definition) is 3. The van der Waals surface area contributed by atoms with Crippen LogP contribution in [0.25, 0.3) is 0 Å². The molecule has 33 atom stereocenters. The van der Waals surface area contributed by atoms with E-state index in [4.69, 9.17) is 100 Å². The van der Waals surface area contributed by atoms with E-state index in [-0.39, 0.29) is 61.1 Å². The summed E-state index contributed by atoms with van der Waals surface area (Å²) >= 11 is 0. The highest BCUT2D eigenvalue weighted by Crippen LogP contribution is 2.67. The Hall–Kier alpha value is -1.71. The first-order valence-corrected chi connectivity index (χ1v) is 33.4. The summed E-state index contributed by atoms with van der Waals surface area (Å²) in [6.07, 6.45) is -4.26. The number of carbonyl (C=O) groups excluding carboxylic acids is 1. The van der Waals surface area contributed by atoms with Crippen molar-refractivity contribution < 1.29 is 120 Å². The lowest BCUT2D eigenvalue weighted by Crippen LogP contribution is -2.63. The van der Waals surface area contributed by atoms with Gasteiger partial charge in [0, 0.05) is 74.6 Å². The van der Waals surface area contributed by atoms with Gasteiger partial charge in [0.05, 0.1) is 79.9 Å². The predicted molar refractivity (Wildman–Crippen MR) is 313 cm³/mol. The molecule has 1 unspecified atom stereocenters. The van der Waals surface area contributed by atoms with Crippen LogP contribution >= 0.6 is 0 Å². The number of hydrogen-bond acceptors (Lipinski definition) is 25. The van der Waals surface area contributed by atoms with Crippen LogP contribution in [0.4, 0.5) is 0 Å². The molecular weight excluding hydrogens is 1180 g/mol. The van der Waals surface area contributed by atoms with Crippen LogP contribution in [0.5, 0.6) is 0 Å². The van der Waals surface area contributed by atoms with Crippen molar-refractivity contribution in [1.82, 2.24) is 0 Å².